The maximum absolute atomic E-state index is 13.6. The summed E-state index contributed by atoms with van der Waals surface area (Å²) in [6.45, 7) is 8.23. The normalized spacial score (nSPS) is 12.1. The first-order valence-corrected chi connectivity index (χ1v) is 10.00. The largest absolute Gasteiger partial charge is 0.462 e. The molecule has 31 heavy (non-hydrogen) atoms. The third-order valence-corrected chi connectivity index (χ3v) is 5.19. The molecule has 0 aliphatic rings. The molecule has 0 fully saturated rings. The van der Waals surface area contributed by atoms with E-state index < -0.39 is 29.6 Å². The molecular formula is C23H28FN3O4. The fourth-order valence-electron chi connectivity index (χ4n) is 3.70. The molecule has 0 spiro atoms. The van der Waals surface area contributed by atoms with E-state index in [2.05, 4.69) is 0 Å². The molecule has 1 unspecified atom stereocenters. The second-order valence-corrected chi connectivity index (χ2v) is 7.07. The average molecular weight is 429 g/mol. The lowest BCUT2D eigenvalue weighted by Crippen LogP contribution is -2.38. The number of carbonyl (C=O) groups is 3. The Bertz CT molecular complexity index is 1030. The summed E-state index contributed by atoms with van der Waals surface area (Å²) in [6.07, 6.45) is 2.79. The van der Waals surface area contributed by atoms with Gasteiger partial charge in [0, 0.05) is 36.6 Å². The Kier molecular flexibility index (Phi) is 7.74. The number of esters is 1. The summed E-state index contributed by atoms with van der Waals surface area (Å²) in [5.41, 5.74) is 8.27. The maximum Gasteiger partial charge on any atom is 0.340 e. The minimum Gasteiger partial charge on any atom is -0.462 e. The van der Waals surface area contributed by atoms with Gasteiger partial charge < -0.3 is 19.9 Å². The minimum absolute atomic E-state index is 0.230. The van der Waals surface area contributed by atoms with Gasteiger partial charge in [0.2, 0.25) is 11.8 Å². The number of hydrogen-bond acceptors (Lipinski definition) is 4. The van der Waals surface area contributed by atoms with Crippen LogP contribution in [0.4, 0.5) is 4.39 Å². The highest BCUT2D eigenvalue weighted by molar-refractivity contribution is 6.00. The lowest BCUT2D eigenvalue weighted by Gasteiger charge is -2.25. The van der Waals surface area contributed by atoms with Gasteiger partial charge in [-0.3, -0.25) is 9.59 Å². The Labute approximate surface area is 181 Å². The number of hydrogen-bond donors (Lipinski definition) is 1. The van der Waals surface area contributed by atoms with Crippen LogP contribution < -0.4 is 5.73 Å². The van der Waals surface area contributed by atoms with Crippen LogP contribution in [0.1, 0.15) is 52.8 Å². The molecule has 0 radical (unpaired) electrons. The third-order valence-electron chi connectivity index (χ3n) is 5.19. The molecule has 2 rings (SSSR count). The number of rotatable bonds is 8. The average Bonchev–Trinajstić information content (AvgIpc) is 2.95. The van der Waals surface area contributed by atoms with Crippen LogP contribution in [-0.2, 0) is 20.9 Å². The van der Waals surface area contributed by atoms with Gasteiger partial charge in [-0.05, 0) is 51.5 Å². The highest BCUT2D eigenvalue weighted by Crippen LogP contribution is 2.26. The van der Waals surface area contributed by atoms with E-state index in [1.165, 1.54) is 37.4 Å². The summed E-state index contributed by atoms with van der Waals surface area (Å²) in [4.78, 5) is 38.5. The van der Waals surface area contributed by atoms with Crippen molar-refractivity contribution in [2.45, 2.75) is 40.3 Å². The fourth-order valence-corrected chi connectivity index (χ4v) is 3.70. The van der Waals surface area contributed by atoms with Crippen molar-refractivity contribution >= 4 is 23.9 Å². The highest BCUT2D eigenvalue weighted by atomic mass is 19.1. The Hall–Kier alpha value is -3.42. The van der Waals surface area contributed by atoms with Crippen LogP contribution >= 0.6 is 0 Å². The summed E-state index contributed by atoms with van der Waals surface area (Å²) >= 11 is 0. The Balaban J connectivity index is 2.41. The van der Waals surface area contributed by atoms with Gasteiger partial charge in [-0.15, -0.1) is 0 Å². The molecule has 166 valence electrons. The van der Waals surface area contributed by atoms with Gasteiger partial charge >= 0.3 is 5.97 Å². The fraction of sp³-hybridized carbons (Fsp3) is 0.348. The van der Waals surface area contributed by atoms with E-state index in [9.17, 15) is 18.8 Å². The van der Waals surface area contributed by atoms with E-state index in [0.29, 0.717) is 17.7 Å². The zero-order valence-electron chi connectivity index (χ0n) is 18.4. The predicted octanol–water partition coefficient (Wildman–Crippen LogP) is 3.14. The molecule has 0 aliphatic heterocycles. The van der Waals surface area contributed by atoms with Crippen molar-refractivity contribution < 1.29 is 23.5 Å². The zero-order chi connectivity index (χ0) is 23.3. The second kappa shape index (κ2) is 10.1. The van der Waals surface area contributed by atoms with E-state index in [4.69, 9.17) is 10.5 Å². The molecule has 0 bridgehead atoms. The van der Waals surface area contributed by atoms with Gasteiger partial charge in [-0.2, -0.15) is 0 Å². The number of nitrogens with zero attached hydrogens (tertiary/aromatic N) is 2. The molecule has 2 amide bonds. The molecule has 0 saturated carbocycles. The Morgan fingerprint density at radius 2 is 1.90 bits per heavy atom. The predicted molar refractivity (Wildman–Crippen MR) is 116 cm³/mol. The molecule has 2 N–H and O–H groups in total. The van der Waals surface area contributed by atoms with E-state index in [0.717, 1.165) is 22.4 Å². The van der Waals surface area contributed by atoms with Gasteiger partial charge in [0.05, 0.1) is 12.2 Å². The molecule has 1 heterocycles. The summed E-state index contributed by atoms with van der Waals surface area (Å²) in [6, 6.07) is 4.24. The number of halogens is 1. The minimum atomic E-state index is -1.14. The number of nitrogens with two attached hydrogens (primary N) is 1. The first kappa shape index (κ1) is 23.9. The van der Waals surface area contributed by atoms with Crippen molar-refractivity contribution in [3.8, 4) is 0 Å². The Morgan fingerprint density at radius 3 is 2.45 bits per heavy atom. The number of amides is 2. The van der Waals surface area contributed by atoms with Crippen LogP contribution in [0.2, 0.25) is 0 Å². The smallest absolute Gasteiger partial charge is 0.340 e. The standard InChI is InChI=1S/C23H28FN3O4/c1-6-27-14(3)18(20(15(27)4)23(30)31-7-2)11-12-19(28)26(5)21(22(25)29)16-9-8-10-17(24)13-16/h8-13,21H,6-7H2,1-5H3,(H2,25,29)/b12-11+. The first-order valence-electron chi connectivity index (χ1n) is 10.00. The molecule has 1 aromatic carbocycles. The molecule has 1 aromatic heterocycles. The van der Waals surface area contributed by atoms with E-state index >= 15 is 0 Å². The topological polar surface area (TPSA) is 94.6 Å². The SMILES string of the molecule is CCOC(=O)c1c(/C=C/C(=O)N(C)C(C(N)=O)c2cccc(F)c2)c(C)n(CC)c1C. The van der Waals surface area contributed by atoms with Crippen molar-refractivity contribution in [2.75, 3.05) is 13.7 Å². The monoisotopic (exact) mass is 429 g/mol. The summed E-state index contributed by atoms with van der Waals surface area (Å²) < 4.78 is 20.7. The van der Waals surface area contributed by atoms with E-state index in [-0.39, 0.29) is 12.2 Å². The van der Waals surface area contributed by atoms with Crippen molar-refractivity contribution in [1.29, 1.82) is 0 Å². The van der Waals surface area contributed by atoms with Crippen molar-refractivity contribution in [3.05, 3.63) is 64.2 Å². The van der Waals surface area contributed by atoms with E-state index in [1.54, 1.807) is 6.92 Å². The number of primary amides is 1. The lowest BCUT2D eigenvalue weighted by molar-refractivity contribution is -0.134. The number of ether oxygens (including phenoxy) is 1. The maximum atomic E-state index is 13.6. The lowest BCUT2D eigenvalue weighted by atomic mass is 10.0. The zero-order valence-corrected chi connectivity index (χ0v) is 18.4. The van der Waals surface area contributed by atoms with Crippen LogP contribution in [-0.4, -0.2) is 40.9 Å². The van der Waals surface area contributed by atoms with Gasteiger partial charge in [0.25, 0.3) is 0 Å². The van der Waals surface area contributed by atoms with Crippen LogP contribution in [0.25, 0.3) is 6.08 Å². The number of carbonyl (C=O) groups excluding carboxylic acids is 3. The number of aromatic nitrogens is 1. The van der Waals surface area contributed by atoms with Crippen molar-refractivity contribution in [1.82, 2.24) is 9.47 Å². The second-order valence-electron chi connectivity index (χ2n) is 7.07. The van der Waals surface area contributed by atoms with Gasteiger partial charge in [-0.1, -0.05) is 12.1 Å². The van der Waals surface area contributed by atoms with Crippen molar-refractivity contribution in [2.24, 2.45) is 5.73 Å². The molecule has 8 heteroatoms. The molecule has 7 nitrogen and oxygen atoms in total. The molecule has 2 aromatic rings. The number of likely N-dealkylation sites (N-methyl/N-ethyl adjacent to an activating group) is 1. The first-order chi connectivity index (χ1) is 14.6. The highest BCUT2D eigenvalue weighted by Gasteiger charge is 2.27. The van der Waals surface area contributed by atoms with Crippen LogP contribution in [0.5, 0.6) is 0 Å². The van der Waals surface area contributed by atoms with Gasteiger partial charge in [0.15, 0.2) is 0 Å². The third kappa shape index (κ3) is 5.02. The van der Waals surface area contributed by atoms with Gasteiger partial charge in [-0.25, -0.2) is 9.18 Å². The van der Waals surface area contributed by atoms with Crippen LogP contribution in [0.15, 0.2) is 30.3 Å². The molecule has 1 atom stereocenters. The van der Waals surface area contributed by atoms with E-state index in [1.807, 2.05) is 25.3 Å². The number of benzene rings is 1. The summed E-state index contributed by atoms with van der Waals surface area (Å²) in [7, 11) is 1.41. The Morgan fingerprint density at radius 1 is 1.23 bits per heavy atom. The quantitative estimate of drug-likeness (QED) is 0.515. The molecule has 0 saturated heterocycles. The van der Waals surface area contributed by atoms with Crippen LogP contribution in [0.3, 0.4) is 0 Å². The van der Waals surface area contributed by atoms with Crippen LogP contribution in [0, 0.1) is 19.7 Å². The summed E-state index contributed by atoms with van der Waals surface area (Å²) in [5.74, 6) is -2.31. The summed E-state index contributed by atoms with van der Waals surface area (Å²) in [5, 5.41) is 0. The molecule has 0 aliphatic carbocycles. The van der Waals surface area contributed by atoms with Crippen molar-refractivity contribution in [3.63, 3.8) is 0 Å². The van der Waals surface area contributed by atoms with Gasteiger partial charge in [0.1, 0.15) is 11.9 Å². The molecular weight excluding hydrogens is 401 g/mol.